The molecule has 6 fully saturated rings. The molecule has 0 saturated heterocycles. The zero-order valence-corrected chi connectivity index (χ0v) is 15.0. The van der Waals surface area contributed by atoms with Crippen LogP contribution in [0.5, 0.6) is 5.75 Å². The molecule has 0 atom stereocenters. The van der Waals surface area contributed by atoms with Crippen molar-refractivity contribution in [1.29, 1.82) is 0 Å². The van der Waals surface area contributed by atoms with Crippen molar-refractivity contribution in [2.24, 2.45) is 52.1 Å². The Bertz CT molecular complexity index is 951. The van der Waals surface area contributed by atoms with E-state index in [-0.39, 0.29) is 35.2 Å². The van der Waals surface area contributed by atoms with E-state index in [1.54, 1.807) is 12.1 Å². The Labute approximate surface area is 156 Å². The minimum atomic E-state index is -0.300. The van der Waals surface area contributed by atoms with Crippen molar-refractivity contribution in [2.45, 2.75) is 0 Å². The van der Waals surface area contributed by atoms with Crippen molar-refractivity contribution in [1.82, 2.24) is 0 Å². The van der Waals surface area contributed by atoms with Crippen LogP contribution in [0.3, 0.4) is 0 Å². The maximum Gasteiger partial charge on any atom is 0.262 e. The first kappa shape index (κ1) is 14.0. The molecule has 7 nitrogen and oxygen atoms in total. The highest BCUT2D eigenvalue weighted by molar-refractivity contribution is 9.10. The standard InChI is InChI=1S/C18H14BrN3O4/c19-4-1-5(14-6(2-4)26-3-7(23)22-14)21-16(25)18-11-8-12(18)10-13(18)9(11)17(8,10)15(20)24/h1-2,8-13H,3H2,(H2,20,24)(H,21,25)(H,22,23). The SMILES string of the molecule is NC(=O)C12C3C4C1C1C2C3C41C(=O)Nc1cc(Br)cc2c1NC(=O)CO2. The summed E-state index contributed by atoms with van der Waals surface area (Å²) in [7, 11) is 0. The molecule has 7 aliphatic rings. The van der Waals surface area contributed by atoms with E-state index in [0.29, 0.717) is 52.6 Å². The zero-order valence-electron chi connectivity index (χ0n) is 13.4. The van der Waals surface area contributed by atoms with E-state index in [9.17, 15) is 14.4 Å². The molecule has 1 aromatic rings. The Hall–Kier alpha value is -2.09. The second-order valence-electron chi connectivity index (χ2n) is 8.50. The van der Waals surface area contributed by atoms with Gasteiger partial charge in [0.05, 0.1) is 16.5 Å². The van der Waals surface area contributed by atoms with Gasteiger partial charge in [-0.05, 0) is 47.6 Å². The molecule has 0 spiro atoms. The lowest BCUT2D eigenvalue weighted by Crippen LogP contribution is -3.12. The molecule has 1 aliphatic heterocycles. The molecule has 3 amide bonds. The van der Waals surface area contributed by atoms with Gasteiger partial charge in [0, 0.05) is 4.47 Å². The van der Waals surface area contributed by atoms with E-state index in [4.69, 9.17) is 10.5 Å². The van der Waals surface area contributed by atoms with Gasteiger partial charge >= 0.3 is 0 Å². The van der Waals surface area contributed by atoms with Gasteiger partial charge in [-0.1, -0.05) is 15.9 Å². The van der Waals surface area contributed by atoms with E-state index < -0.39 is 0 Å². The lowest BCUT2D eigenvalue weighted by molar-refractivity contribution is -0.623. The average molecular weight is 416 g/mol. The second-order valence-corrected chi connectivity index (χ2v) is 9.42. The van der Waals surface area contributed by atoms with Gasteiger partial charge in [-0.25, -0.2) is 0 Å². The molecule has 6 saturated carbocycles. The van der Waals surface area contributed by atoms with Gasteiger partial charge in [-0.2, -0.15) is 0 Å². The Kier molecular flexibility index (Phi) is 1.97. The summed E-state index contributed by atoms with van der Waals surface area (Å²) in [5, 5.41) is 5.81. The zero-order chi connectivity index (χ0) is 17.7. The molecule has 132 valence electrons. The molecule has 0 unspecified atom stereocenters. The summed E-state index contributed by atoms with van der Waals surface area (Å²) in [6, 6.07) is 3.54. The molecule has 4 N–H and O–H groups in total. The number of rotatable bonds is 3. The number of amides is 3. The van der Waals surface area contributed by atoms with E-state index in [0.717, 1.165) is 4.47 Å². The smallest absolute Gasteiger partial charge is 0.262 e. The number of nitrogens with two attached hydrogens (primary N) is 1. The quantitative estimate of drug-likeness (QED) is 0.681. The molecule has 0 bridgehead atoms. The third-order valence-corrected chi connectivity index (χ3v) is 8.85. The van der Waals surface area contributed by atoms with Crippen molar-refractivity contribution < 1.29 is 19.1 Å². The Morgan fingerprint density at radius 3 is 2.38 bits per heavy atom. The van der Waals surface area contributed by atoms with Crippen LogP contribution in [0.4, 0.5) is 11.4 Å². The summed E-state index contributed by atoms with van der Waals surface area (Å²) in [5.74, 6) is 2.14. The van der Waals surface area contributed by atoms with E-state index >= 15 is 0 Å². The maximum absolute atomic E-state index is 13.2. The van der Waals surface area contributed by atoms with Crippen molar-refractivity contribution >= 4 is 45.0 Å². The van der Waals surface area contributed by atoms with Gasteiger partial charge in [0.1, 0.15) is 11.4 Å². The van der Waals surface area contributed by atoms with Gasteiger partial charge in [-0.3, -0.25) is 14.4 Å². The predicted octanol–water partition coefficient (Wildman–Crippen LogP) is 0.942. The Morgan fingerprint density at radius 1 is 1.15 bits per heavy atom. The first-order valence-electron chi connectivity index (χ1n) is 8.82. The fourth-order valence-corrected chi connectivity index (χ4v) is 8.38. The summed E-state index contributed by atoms with van der Waals surface area (Å²) in [4.78, 5) is 36.7. The van der Waals surface area contributed by atoms with Crippen molar-refractivity contribution in [2.75, 3.05) is 17.2 Å². The summed E-state index contributed by atoms with van der Waals surface area (Å²) in [5.41, 5.74) is 6.14. The molecule has 0 radical (unpaired) electrons. The molecule has 1 heterocycles. The number of halogens is 1. The monoisotopic (exact) mass is 415 g/mol. The number of benzene rings is 1. The number of hydrogen-bond acceptors (Lipinski definition) is 4. The number of primary amides is 1. The Balaban J connectivity index is 1.21. The van der Waals surface area contributed by atoms with Crippen LogP contribution in [0.2, 0.25) is 0 Å². The summed E-state index contributed by atoms with van der Waals surface area (Å²) < 4.78 is 6.22. The summed E-state index contributed by atoms with van der Waals surface area (Å²) >= 11 is 3.42. The van der Waals surface area contributed by atoms with Gasteiger partial charge in [-0.15, -0.1) is 0 Å². The first-order chi connectivity index (χ1) is 12.4. The van der Waals surface area contributed by atoms with Crippen LogP contribution in [0, 0.1) is 46.3 Å². The van der Waals surface area contributed by atoms with Crippen molar-refractivity contribution in [3.63, 3.8) is 0 Å². The van der Waals surface area contributed by atoms with Gasteiger partial charge in [0.15, 0.2) is 6.61 Å². The van der Waals surface area contributed by atoms with Crippen LogP contribution >= 0.6 is 15.9 Å². The van der Waals surface area contributed by atoms with Crippen molar-refractivity contribution in [3.8, 4) is 5.75 Å². The topological polar surface area (TPSA) is 111 Å². The molecule has 1 aromatic carbocycles. The molecular formula is C18H14BrN3O4. The van der Waals surface area contributed by atoms with Crippen LogP contribution in [0.15, 0.2) is 16.6 Å². The van der Waals surface area contributed by atoms with E-state index in [1.165, 1.54) is 0 Å². The first-order valence-corrected chi connectivity index (χ1v) is 9.62. The maximum atomic E-state index is 13.2. The lowest BCUT2D eigenvalue weighted by atomic mass is 8.92. The van der Waals surface area contributed by atoms with Gasteiger partial charge in [0.2, 0.25) is 11.8 Å². The highest BCUT2D eigenvalue weighted by atomic mass is 79.9. The third kappa shape index (κ3) is 0.979. The fourth-order valence-electron chi connectivity index (χ4n) is 7.95. The number of anilines is 2. The van der Waals surface area contributed by atoms with Crippen LogP contribution in [0.25, 0.3) is 0 Å². The van der Waals surface area contributed by atoms with Gasteiger partial charge in [0.25, 0.3) is 5.91 Å². The van der Waals surface area contributed by atoms with Crippen LogP contribution < -0.4 is 21.1 Å². The highest BCUT2D eigenvalue weighted by Gasteiger charge is 3.12. The van der Waals surface area contributed by atoms with E-state index in [1.807, 2.05) is 0 Å². The number of ether oxygens (including phenoxy) is 1. The molecule has 6 aliphatic carbocycles. The number of nitrogens with one attached hydrogen (secondary N) is 2. The van der Waals surface area contributed by atoms with E-state index in [2.05, 4.69) is 26.6 Å². The number of carbonyl (C=O) groups is 3. The Morgan fingerprint density at radius 2 is 1.77 bits per heavy atom. The average Bonchev–Trinajstić information content (AvgIpc) is 2.61. The largest absolute Gasteiger partial charge is 0.481 e. The molecular weight excluding hydrogens is 402 g/mol. The normalized spacial score (nSPS) is 48.7. The summed E-state index contributed by atoms with van der Waals surface area (Å²) in [6.07, 6.45) is 0. The third-order valence-electron chi connectivity index (χ3n) is 8.39. The molecule has 26 heavy (non-hydrogen) atoms. The molecule has 8 heteroatoms. The van der Waals surface area contributed by atoms with Crippen molar-refractivity contribution in [3.05, 3.63) is 16.6 Å². The predicted molar refractivity (Wildman–Crippen MR) is 91.9 cm³/mol. The number of carbonyl (C=O) groups excluding carboxylic acids is 3. The van der Waals surface area contributed by atoms with Gasteiger partial charge < -0.3 is 21.1 Å². The summed E-state index contributed by atoms with van der Waals surface area (Å²) in [6.45, 7) is -0.0345. The lowest BCUT2D eigenvalue weighted by Gasteiger charge is -3.09. The second kappa shape index (κ2) is 3.65. The van der Waals surface area contributed by atoms with Crippen LogP contribution in [-0.4, -0.2) is 24.3 Å². The number of hydrogen-bond donors (Lipinski definition) is 3. The molecule has 8 rings (SSSR count). The van der Waals surface area contributed by atoms with Crippen LogP contribution in [-0.2, 0) is 14.4 Å². The van der Waals surface area contributed by atoms with Crippen LogP contribution in [0.1, 0.15) is 0 Å². The fraction of sp³-hybridized carbons (Fsp3) is 0.500. The molecule has 0 aromatic heterocycles. The number of fused-ring (bicyclic) bond motifs is 1. The highest BCUT2D eigenvalue weighted by Crippen LogP contribution is 3.10. The minimum absolute atomic E-state index is 0.0131. The minimum Gasteiger partial charge on any atom is -0.481 e.